The third-order valence-electron chi connectivity index (χ3n) is 3.45. The number of rotatable bonds is 2. The molecule has 0 spiro atoms. The molecule has 16 heavy (non-hydrogen) atoms. The van der Waals surface area contributed by atoms with E-state index in [2.05, 4.69) is 34.0 Å². The first-order valence-corrected chi connectivity index (χ1v) is 5.92. The first-order valence-electron chi connectivity index (χ1n) is 5.92. The van der Waals surface area contributed by atoms with Gasteiger partial charge in [0.25, 0.3) is 0 Å². The largest absolute Gasteiger partial charge is 0.343 e. The molecule has 1 N–H and O–H groups in total. The predicted molar refractivity (Wildman–Crippen MR) is 65.4 cm³/mol. The lowest BCUT2D eigenvalue weighted by molar-refractivity contribution is 0.394. The van der Waals surface area contributed by atoms with Crippen molar-refractivity contribution in [2.45, 2.75) is 12.8 Å². The number of nitrogens with one attached hydrogen (secondary N) is 1. The molecular weight excluding hydrogens is 198 g/mol. The highest BCUT2D eigenvalue weighted by molar-refractivity contribution is 5.76. The van der Waals surface area contributed by atoms with Crippen LogP contribution in [0.5, 0.6) is 0 Å². The number of hydrogen-bond acceptors (Lipinski definition) is 2. The molecule has 0 amide bonds. The van der Waals surface area contributed by atoms with Gasteiger partial charge in [-0.3, -0.25) is 0 Å². The van der Waals surface area contributed by atoms with Crippen LogP contribution >= 0.6 is 0 Å². The first-order chi connectivity index (χ1) is 7.81. The van der Waals surface area contributed by atoms with Crippen LogP contribution in [0.2, 0.25) is 0 Å². The van der Waals surface area contributed by atoms with Gasteiger partial charge in [-0.2, -0.15) is 0 Å². The Bertz CT molecular complexity index is 456. The summed E-state index contributed by atoms with van der Waals surface area (Å²) in [5.41, 5.74) is 2.35. The highest BCUT2D eigenvalue weighted by atomic mass is 15.1. The second-order valence-corrected chi connectivity index (χ2v) is 4.86. The van der Waals surface area contributed by atoms with Crippen LogP contribution in [0.4, 0.5) is 0 Å². The highest BCUT2D eigenvalue weighted by Crippen LogP contribution is 2.21. The average Bonchev–Trinajstić information content (AvgIpc) is 2.84. The van der Waals surface area contributed by atoms with Crippen LogP contribution in [0.25, 0.3) is 11.0 Å². The zero-order chi connectivity index (χ0) is 11.0. The quantitative estimate of drug-likeness (QED) is 0.831. The van der Waals surface area contributed by atoms with Crippen LogP contribution in [0, 0.1) is 5.92 Å². The van der Waals surface area contributed by atoms with Gasteiger partial charge in [0.1, 0.15) is 5.65 Å². The van der Waals surface area contributed by atoms with Crippen LogP contribution in [-0.2, 0) is 6.42 Å². The molecular formula is C13H17N3. The number of fused-ring (bicyclic) bond motifs is 1. The summed E-state index contributed by atoms with van der Waals surface area (Å²) in [4.78, 5) is 10.1. The fraction of sp³-hybridized carbons (Fsp3) is 0.462. The summed E-state index contributed by atoms with van der Waals surface area (Å²) in [5, 5.41) is 1.23. The number of nitrogens with zero attached hydrogens (tertiary/aromatic N) is 2. The van der Waals surface area contributed by atoms with Crippen molar-refractivity contribution in [1.29, 1.82) is 0 Å². The topological polar surface area (TPSA) is 31.9 Å². The van der Waals surface area contributed by atoms with Crippen molar-refractivity contribution < 1.29 is 0 Å². The van der Waals surface area contributed by atoms with E-state index in [1.807, 2.05) is 12.3 Å². The van der Waals surface area contributed by atoms with Gasteiger partial charge < -0.3 is 9.88 Å². The van der Waals surface area contributed by atoms with E-state index in [1.165, 1.54) is 30.6 Å². The van der Waals surface area contributed by atoms with Crippen LogP contribution in [0.1, 0.15) is 12.1 Å². The number of aromatic amines is 1. The van der Waals surface area contributed by atoms with E-state index in [9.17, 15) is 0 Å². The smallest absolute Gasteiger partial charge is 0.137 e. The van der Waals surface area contributed by atoms with Crippen molar-refractivity contribution in [2.75, 3.05) is 20.1 Å². The normalized spacial score (nSPS) is 21.9. The van der Waals surface area contributed by atoms with E-state index in [0.717, 1.165) is 18.0 Å². The predicted octanol–water partition coefficient (Wildman–Crippen LogP) is 2.06. The second kappa shape index (κ2) is 3.91. The Morgan fingerprint density at radius 2 is 2.50 bits per heavy atom. The maximum Gasteiger partial charge on any atom is 0.137 e. The van der Waals surface area contributed by atoms with Gasteiger partial charge in [0, 0.05) is 23.8 Å². The molecule has 3 heteroatoms. The van der Waals surface area contributed by atoms with Gasteiger partial charge in [0.05, 0.1) is 0 Å². The minimum absolute atomic E-state index is 0.804. The molecule has 0 saturated carbocycles. The molecule has 1 fully saturated rings. The molecule has 1 unspecified atom stereocenters. The first kappa shape index (κ1) is 9.85. The van der Waals surface area contributed by atoms with Crippen LogP contribution < -0.4 is 0 Å². The summed E-state index contributed by atoms with van der Waals surface area (Å²) >= 11 is 0. The van der Waals surface area contributed by atoms with E-state index in [-0.39, 0.29) is 0 Å². The zero-order valence-corrected chi connectivity index (χ0v) is 9.61. The summed E-state index contributed by atoms with van der Waals surface area (Å²) in [5.74, 6) is 0.804. The van der Waals surface area contributed by atoms with Crippen molar-refractivity contribution in [1.82, 2.24) is 14.9 Å². The fourth-order valence-corrected chi connectivity index (χ4v) is 2.63. The summed E-state index contributed by atoms with van der Waals surface area (Å²) in [6.07, 6.45) is 4.31. The average molecular weight is 215 g/mol. The van der Waals surface area contributed by atoms with Crippen molar-refractivity contribution in [3.05, 3.63) is 30.1 Å². The van der Waals surface area contributed by atoms with Crippen molar-refractivity contribution in [3.63, 3.8) is 0 Å². The Balaban J connectivity index is 1.79. The van der Waals surface area contributed by atoms with E-state index in [4.69, 9.17) is 0 Å². The molecule has 0 aliphatic carbocycles. The number of pyridine rings is 1. The Labute approximate surface area is 95.5 Å². The molecule has 1 saturated heterocycles. The molecule has 3 rings (SSSR count). The summed E-state index contributed by atoms with van der Waals surface area (Å²) in [6, 6.07) is 6.34. The van der Waals surface area contributed by atoms with Gasteiger partial charge in [-0.05, 0) is 50.6 Å². The third kappa shape index (κ3) is 1.83. The molecule has 2 aromatic rings. The molecule has 2 aromatic heterocycles. The van der Waals surface area contributed by atoms with Gasteiger partial charge >= 0.3 is 0 Å². The fourth-order valence-electron chi connectivity index (χ4n) is 2.63. The SMILES string of the molecule is CN1CCC(Cc2cc3cccnc3[nH]2)C1. The van der Waals surface area contributed by atoms with Gasteiger partial charge in [-0.15, -0.1) is 0 Å². The van der Waals surface area contributed by atoms with E-state index in [0.29, 0.717) is 0 Å². The van der Waals surface area contributed by atoms with Crippen LogP contribution in [0.3, 0.4) is 0 Å². The Morgan fingerprint density at radius 3 is 3.25 bits per heavy atom. The molecule has 3 nitrogen and oxygen atoms in total. The summed E-state index contributed by atoms with van der Waals surface area (Å²) in [7, 11) is 2.20. The third-order valence-corrected chi connectivity index (χ3v) is 3.45. The maximum absolute atomic E-state index is 4.33. The molecule has 1 aliphatic rings. The lowest BCUT2D eigenvalue weighted by atomic mass is 10.0. The Kier molecular flexibility index (Phi) is 2.40. The van der Waals surface area contributed by atoms with Gasteiger partial charge in [0.15, 0.2) is 0 Å². The highest BCUT2D eigenvalue weighted by Gasteiger charge is 2.20. The van der Waals surface area contributed by atoms with E-state index < -0.39 is 0 Å². The molecule has 1 aliphatic heterocycles. The molecule has 0 bridgehead atoms. The van der Waals surface area contributed by atoms with E-state index in [1.54, 1.807) is 0 Å². The molecule has 1 atom stereocenters. The standard InChI is InChI=1S/C13H17N3/c1-16-6-4-10(9-16)7-12-8-11-3-2-5-14-13(11)15-12/h2-3,5,8,10H,4,6-7,9H2,1H3,(H,14,15). The molecule has 84 valence electrons. The van der Waals surface area contributed by atoms with Crippen molar-refractivity contribution in [2.24, 2.45) is 5.92 Å². The number of aromatic nitrogens is 2. The van der Waals surface area contributed by atoms with Gasteiger partial charge in [0.2, 0.25) is 0 Å². The lowest BCUT2D eigenvalue weighted by Crippen LogP contribution is -2.15. The molecule has 0 aromatic carbocycles. The minimum Gasteiger partial charge on any atom is -0.343 e. The number of hydrogen-bond donors (Lipinski definition) is 1. The second-order valence-electron chi connectivity index (χ2n) is 4.86. The summed E-state index contributed by atoms with van der Waals surface area (Å²) < 4.78 is 0. The van der Waals surface area contributed by atoms with E-state index >= 15 is 0 Å². The van der Waals surface area contributed by atoms with Gasteiger partial charge in [-0.1, -0.05) is 0 Å². The summed E-state index contributed by atoms with van der Waals surface area (Å²) in [6.45, 7) is 2.46. The molecule has 3 heterocycles. The Hall–Kier alpha value is -1.35. The number of likely N-dealkylation sites (tertiary alicyclic amines) is 1. The number of H-pyrrole nitrogens is 1. The van der Waals surface area contributed by atoms with Crippen LogP contribution in [-0.4, -0.2) is 35.0 Å². The monoisotopic (exact) mass is 215 g/mol. The maximum atomic E-state index is 4.33. The Morgan fingerprint density at radius 1 is 1.56 bits per heavy atom. The van der Waals surface area contributed by atoms with Crippen molar-refractivity contribution in [3.8, 4) is 0 Å². The zero-order valence-electron chi connectivity index (χ0n) is 9.61. The molecule has 0 radical (unpaired) electrons. The van der Waals surface area contributed by atoms with Crippen LogP contribution in [0.15, 0.2) is 24.4 Å². The minimum atomic E-state index is 0.804. The van der Waals surface area contributed by atoms with Gasteiger partial charge in [-0.25, -0.2) is 4.98 Å². The lowest BCUT2D eigenvalue weighted by Gasteiger charge is -2.08. The van der Waals surface area contributed by atoms with Crippen molar-refractivity contribution >= 4 is 11.0 Å².